The second-order valence-corrected chi connectivity index (χ2v) is 7.99. The molecule has 7 nitrogen and oxygen atoms in total. The predicted octanol–water partition coefficient (Wildman–Crippen LogP) is 5.87. The second kappa shape index (κ2) is 12.8. The first kappa shape index (κ1) is 25.4. The highest BCUT2D eigenvalue weighted by Gasteiger charge is 2.14. The zero-order chi connectivity index (χ0) is 25.0. The fourth-order valence-corrected chi connectivity index (χ4v) is 3.64. The molecule has 3 aromatic rings. The van der Waals surface area contributed by atoms with E-state index in [1.807, 2.05) is 49.4 Å². The van der Waals surface area contributed by atoms with Gasteiger partial charge in [-0.15, -0.1) is 0 Å². The number of halogens is 1. The average Bonchev–Trinajstić information content (AvgIpc) is 2.87. The number of benzene rings is 3. The molecule has 0 radical (unpaired) electrons. The number of nitrogens with zero attached hydrogens (tertiary/aromatic N) is 2. The number of nitriles is 2. The van der Waals surface area contributed by atoms with E-state index in [0.29, 0.717) is 46.2 Å². The minimum Gasteiger partial charge on any atom is -0.490 e. The molecule has 0 bridgehead atoms. The van der Waals surface area contributed by atoms with E-state index in [1.165, 1.54) is 6.08 Å². The molecule has 1 N–H and O–H groups in total. The third kappa shape index (κ3) is 7.36. The van der Waals surface area contributed by atoms with E-state index >= 15 is 0 Å². The first-order valence-corrected chi connectivity index (χ1v) is 11.5. The predicted molar refractivity (Wildman–Crippen MR) is 136 cm³/mol. The molecule has 176 valence electrons. The van der Waals surface area contributed by atoms with Gasteiger partial charge in [-0.05, 0) is 76.5 Å². The summed E-state index contributed by atoms with van der Waals surface area (Å²) in [6.07, 6.45) is 1.45. The van der Waals surface area contributed by atoms with Crippen molar-refractivity contribution < 1.29 is 19.0 Å². The number of hydrogen-bond donors (Lipinski definition) is 1. The lowest BCUT2D eigenvalue weighted by Crippen LogP contribution is -2.13. The van der Waals surface area contributed by atoms with E-state index in [-0.39, 0.29) is 12.2 Å². The molecule has 3 aromatic carbocycles. The van der Waals surface area contributed by atoms with Gasteiger partial charge in [0.15, 0.2) is 18.1 Å². The quantitative estimate of drug-likeness (QED) is 0.259. The topological polar surface area (TPSA) is 104 Å². The summed E-state index contributed by atoms with van der Waals surface area (Å²) >= 11 is 3.40. The normalized spacial score (nSPS) is 10.6. The van der Waals surface area contributed by atoms with Crippen molar-refractivity contribution in [1.29, 1.82) is 10.5 Å². The number of nitrogens with one attached hydrogen (secondary N) is 1. The molecular weight excluding hydrogens is 510 g/mol. The van der Waals surface area contributed by atoms with Crippen molar-refractivity contribution in [3.05, 3.63) is 87.9 Å². The van der Waals surface area contributed by atoms with Crippen LogP contribution in [-0.4, -0.2) is 19.1 Å². The Morgan fingerprint density at radius 2 is 1.77 bits per heavy atom. The molecule has 0 spiro atoms. The van der Waals surface area contributed by atoms with Gasteiger partial charge in [0, 0.05) is 5.69 Å². The molecule has 0 aliphatic carbocycles. The Balaban J connectivity index is 1.70. The van der Waals surface area contributed by atoms with Gasteiger partial charge < -0.3 is 19.5 Å². The SMILES string of the molecule is CCOc1cc(/C=C(\C#N)C(=O)Nc2ccc(OCc3ccccc3)cc2)cc(Br)c1OCC#N. The zero-order valence-corrected chi connectivity index (χ0v) is 20.5. The molecule has 0 atom stereocenters. The summed E-state index contributed by atoms with van der Waals surface area (Å²) < 4.78 is 17.3. The molecule has 3 rings (SSSR count). The summed E-state index contributed by atoms with van der Waals surface area (Å²) in [5.74, 6) is 0.884. The lowest BCUT2D eigenvalue weighted by molar-refractivity contribution is -0.112. The molecule has 0 fully saturated rings. The molecule has 35 heavy (non-hydrogen) atoms. The van der Waals surface area contributed by atoms with E-state index in [1.54, 1.807) is 36.4 Å². The molecule has 0 saturated heterocycles. The van der Waals surface area contributed by atoms with Gasteiger partial charge in [0.1, 0.15) is 30.1 Å². The van der Waals surface area contributed by atoms with Crippen molar-refractivity contribution in [3.8, 4) is 29.4 Å². The Morgan fingerprint density at radius 3 is 2.43 bits per heavy atom. The molecule has 1 amide bonds. The number of carbonyl (C=O) groups excluding carboxylic acids is 1. The number of rotatable bonds is 10. The van der Waals surface area contributed by atoms with Crippen molar-refractivity contribution in [2.45, 2.75) is 13.5 Å². The Labute approximate surface area is 212 Å². The van der Waals surface area contributed by atoms with Gasteiger partial charge in [0.25, 0.3) is 5.91 Å². The van der Waals surface area contributed by atoms with Crippen LogP contribution in [0.15, 0.2) is 76.8 Å². The van der Waals surface area contributed by atoms with Crippen LogP contribution in [-0.2, 0) is 11.4 Å². The smallest absolute Gasteiger partial charge is 0.266 e. The summed E-state index contributed by atoms with van der Waals surface area (Å²) in [5.41, 5.74) is 2.05. The van der Waals surface area contributed by atoms with E-state index in [0.717, 1.165) is 5.56 Å². The zero-order valence-electron chi connectivity index (χ0n) is 19.0. The number of carbonyl (C=O) groups is 1. The molecule has 0 aliphatic heterocycles. The van der Waals surface area contributed by atoms with Crippen molar-refractivity contribution in [2.24, 2.45) is 0 Å². The van der Waals surface area contributed by atoms with Gasteiger partial charge in [-0.1, -0.05) is 30.3 Å². The molecule has 0 heterocycles. The molecular formula is C27H22BrN3O4. The lowest BCUT2D eigenvalue weighted by atomic mass is 10.1. The summed E-state index contributed by atoms with van der Waals surface area (Å²) in [5, 5.41) is 21.1. The fourth-order valence-electron chi connectivity index (χ4n) is 3.07. The maximum atomic E-state index is 12.7. The minimum absolute atomic E-state index is 0.0885. The Hall–Kier alpha value is -4.27. The van der Waals surface area contributed by atoms with E-state index in [9.17, 15) is 10.1 Å². The summed E-state index contributed by atoms with van der Waals surface area (Å²) in [7, 11) is 0. The van der Waals surface area contributed by atoms with Crippen LogP contribution >= 0.6 is 15.9 Å². The van der Waals surface area contributed by atoms with Crippen LogP contribution in [0.3, 0.4) is 0 Å². The van der Waals surface area contributed by atoms with Gasteiger partial charge in [-0.25, -0.2) is 0 Å². The van der Waals surface area contributed by atoms with Crippen molar-refractivity contribution in [3.63, 3.8) is 0 Å². The van der Waals surface area contributed by atoms with Crippen molar-refractivity contribution in [1.82, 2.24) is 0 Å². The highest BCUT2D eigenvalue weighted by molar-refractivity contribution is 9.10. The molecule has 8 heteroatoms. The van der Waals surface area contributed by atoms with Crippen LogP contribution in [0.4, 0.5) is 5.69 Å². The number of amides is 1. The van der Waals surface area contributed by atoms with Crippen LogP contribution in [0.5, 0.6) is 17.2 Å². The van der Waals surface area contributed by atoms with E-state index in [4.69, 9.17) is 19.5 Å². The van der Waals surface area contributed by atoms with Crippen molar-refractivity contribution >= 4 is 33.6 Å². The first-order chi connectivity index (χ1) is 17.0. The van der Waals surface area contributed by atoms with Crippen LogP contribution in [0.25, 0.3) is 6.08 Å². The largest absolute Gasteiger partial charge is 0.490 e. The summed E-state index contributed by atoms with van der Waals surface area (Å²) in [6, 6.07) is 23.9. The maximum Gasteiger partial charge on any atom is 0.266 e. The lowest BCUT2D eigenvalue weighted by Gasteiger charge is -2.13. The van der Waals surface area contributed by atoms with Crippen LogP contribution in [0.2, 0.25) is 0 Å². The molecule has 0 unspecified atom stereocenters. The van der Waals surface area contributed by atoms with E-state index < -0.39 is 5.91 Å². The van der Waals surface area contributed by atoms with Crippen LogP contribution < -0.4 is 19.5 Å². The number of anilines is 1. The summed E-state index contributed by atoms with van der Waals surface area (Å²) in [6.45, 7) is 2.49. The summed E-state index contributed by atoms with van der Waals surface area (Å²) in [4.78, 5) is 12.7. The third-order valence-corrected chi connectivity index (χ3v) is 5.24. The average molecular weight is 532 g/mol. The minimum atomic E-state index is -0.552. The van der Waals surface area contributed by atoms with Gasteiger partial charge >= 0.3 is 0 Å². The standard InChI is InChI=1S/C27H22BrN3O4/c1-2-33-25-16-20(15-24(28)26(25)34-13-12-29)14-21(17-30)27(32)31-22-8-10-23(11-9-22)35-18-19-6-4-3-5-7-19/h3-11,14-16H,2,13,18H2,1H3,(H,31,32)/b21-14+. The highest BCUT2D eigenvalue weighted by atomic mass is 79.9. The van der Waals surface area contributed by atoms with Crippen LogP contribution in [0.1, 0.15) is 18.1 Å². The number of hydrogen-bond acceptors (Lipinski definition) is 6. The molecule has 0 aromatic heterocycles. The Bertz CT molecular complexity index is 1280. The first-order valence-electron chi connectivity index (χ1n) is 10.7. The van der Waals surface area contributed by atoms with Gasteiger partial charge in [-0.2, -0.15) is 10.5 Å². The maximum absolute atomic E-state index is 12.7. The Kier molecular flexibility index (Phi) is 9.30. The highest BCUT2D eigenvalue weighted by Crippen LogP contribution is 2.37. The van der Waals surface area contributed by atoms with Gasteiger partial charge in [0.2, 0.25) is 0 Å². The third-order valence-electron chi connectivity index (χ3n) is 4.65. The Morgan fingerprint density at radius 1 is 1.03 bits per heavy atom. The molecule has 0 saturated carbocycles. The number of ether oxygens (including phenoxy) is 3. The molecule has 0 aliphatic rings. The van der Waals surface area contributed by atoms with Gasteiger partial charge in [-0.3, -0.25) is 4.79 Å². The van der Waals surface area contributed by atoms with Crippen LogP contribution in [0, 0.1) is 22.7 Å². The van der Waals surface area contributed by atoms with Gasteiger partial charge in [0.05, 0.1) is 11.1 Å². The second-order valence-electron chi connectivity index (χ2n) is 7.13. The fraction of sp³-hybridized carbons (Fsp3) is 0.148. The monoisotopic (exact) mass is 531 g/mol. The van der Waals surface area contributed by atoms with Crippen molar-refractivity contribution in [2.75, 3.05) is 18.5 Å². The van der Waals surface area contributed by atoms with E-state index in [2.05, 4.69) is 21.2 Å².